The summed E-state index contributed by atoms with van der Waals surface area (Å²) in [7, 11) is 0. The quantitative estimate of drug-likeness (QED) is 0.867. The van der Waals surface area contributed by atoms with Crippen LogP contribution >= 0.6 is 23.8 Å². The smallest absolute Gasteiger partial charge is 0.145 e. The predicted octanol–water partition coefficient (Wildman–Crippen LogP) is 4.00. The molecule has 5 heteroatoms. The monoisotopic (exact) mass is 309 g/mol. The minimum absolute atomic E-state index is 0.0781. The van der Waals surface area contributed by atoms with Gasteiger partial charge >= 0.3 is 0 Å². The predicted molar refractivity (Wildman–Crippen MR) is 82.8 cm³/mol. The van der Waals surface area contributed by atoms with Crippen LogP contribution in [-0.4, -0.2) is 4.99 Å². The molecule has 104 valence electrons. The molecule has 0 aliphatic carbocycles. The van der Waals surface area contributed by atoms with E-state index in [-0.39, 0.29) is 5.02 Å². The molecule has 2 aromatic carbocycles. The Balaban J connectivity index is 2.10. The van der Waals surface area contributed by atoms with Crippen LogP contribution in [0.2, 0.25) is 5.02 Å². The maximum absolute atomic E-state index is 13.3. The lowest BCUT2D eigenvalue weighted by molar-refractivity contribution is 0.304. The molecule has 0 bridgehead atoms. The Morgan fingerprint density at radius 1 is 1.30 bits per heavy atom. The second kappa shape index (κ2) is 6.20. The Kier molecular flexibility index (Phi) is 4.57. The Hall–Kier alpha value is -1.65. The van der Waals surface area contributed by atoms with Gasteiger partial charge in [0.25, 0.3) is 0 Å². The molecule has 0 saturated heterocycles. The first kappa shape index (κ1) is 14.8. The van der Waals surface area contributed by atoms with Crippen LogP contribution in [0.3, 0.4) is 0 Å². The first-order chi connectivity index (χ1) is 9.47. The highest BCUT2D eigenvalue weighted by molar-refractivity contribution is 7.80. The van der Waals surface area contributed by atoms with Crippen molar-refractivity contribution in [2.45, 2.75) is 13.5 Å². The first-order valence-corrected chi connectivity index (χ1v) is 6.73. The molecule has 2 N–H and O–H groups in total. The van der Waals surface area contributed by atoms with Crippen LogP contribution in [0.15, 0.2) is 36.4 Å². The van der Waals surface area contributed by atoms with E-state index in [9.17, 15) is 4.39 Å². The minimum atomic E-state index is -0.496. The lowest BCUT2D eigenvalue weighted by Crippen LogP contribution is -2.10. The second-order valence-electron chi connectivity index (χ2n) is 4.37. The third-order valence-corrected chi connectivity index (χ3v) is 3.45. The number of hydrogen-bond donors (Lipinski definition) is 1. The van der Waals surface area contributed by atoms with Crippen LogP contribution in [0, 0.1) is 12.7 Å². The van der Waals surface area contributed by atoms with Gasteiger partial charge in [-0.25, -0.2) is 4.39 Å². The van der Waals surface area contributed by atoms with Crippen LogP contribution < -0.4 is 10.5 Å². The van der Waals surface area contributed by atoms with Gasteiger partial charge in [-0.2, -0.15) is 0 Å². The molecule has 0 saturated carbocycles. The highest BCUT2D eigenvalue weighted by Gasteiger charge is 2.05. The van der Waals surface area contributed by atoms with Crippen molar-refractivity contribution in [3.63, 3.8) is 0 Å². The Morgan fingerprint density at radius 2 is 2.05 bits per heavy atom. The summed E-state index contributed by atoms with van der Waals surface area (Å²) >= 11 is 10.5. The molecule has 20 heavy (non-hydrogen) atoms. The standard InChI is InChI=1S/C15H13ClFNOS/c1-9-6-10(15(18)20)2-3-11(9)8-19-12-4-5-13(16)14(17)7-12/h2-7H,8H2,1H3,(H2,18,20). The van der Waals surface area contributed by atoms with E-state index in [0.29, 0.717) is 17.3 Å². The van der Waals surface area contributed by atoms with E-state index in [1.54, 1.807) is 6.07 Å². The number of rotatable bonds is 4. The van der Waals surface area contributed by atoms with E-state index in [4.69, 9.17) is 34.3 Å². The summed E-state index contributed by atoms with van der Waals surface area (Å²) in [6.07, 6.45) is 0. The zero-order valence-corrected chi connectivity index (χ0v) is 12.4. The molecule has 2 nitrogen and oxygen atoms in total. The number of halogens is 2. The normalized spacial score (nSPS) is 10.3. The van der Waals surface area contributed by atoms with Gasteiger partial charge in [0.05, 0.1) is 5.02 Å². The van der Waals surface area contributed by atoms with Gasteiger partial charge < -0.3 is 10.5 Å². The summed E-state index contributed by atoms with van der Waals surface area (Å²) in [6.45, 7) is 2.29. The van der Waals surface area contributed by atoms with Crippen molar-refractivity contribution in [1.82, 2.24) is 0 Å². The number of benzene rings is 2. The molecule has 0 aliphatic rings. The van der Waals surface area contributed by atoms with Crippen molar-refractivity contribution in [2.75, 3.05) is 0 Å². The number of aryl methyl sites for hydroxylation is 1. The molecule has 0 unspecified atom stereocenters. The maximum atomic E-state index is 13.3. The zero-order chi connectivity index (χ0) is 14.7. The topological polar surface area (TPSA) is 35.2 Å². The molecule has 0 atom stereocenters. The molecule has 2 aromatic rings. The summed E-state index contributed by atoms with van der Waals surface area (Å²) < 4.78 is 18.8. The number of hydrogen-bond acceptors (Lipinski definition) is 2. The van der Waals surface area contributed by atoms with Crippen molar-refractivity contribution in [3.05, 3.63) is 63.9 Å². The molecule has 0 spiro atoms. The highest BCUT2D eigenvalue weighted by atomic mass is 35.5. The summed E-state index contributed by atoms with van der Waals surface area (Å²) in [5, 5.41) is 0.0781. The fraction of sp³-hybridized carbons (Fsp3) is 0.133. The largest absolute Gasteiger partial charge is 0.489 e. The molecule has 2 rings (SSSR count). The van der Waals surface area contributed by atoms with E-state index in [1.807, 2.05) is 25.1 Å². The molecular weight excluding hydrogens is 297 g/mol. The fourth-order valence-corrected chi connectivity index (χ4v) is 1.98. The van der Waals surface area contributed by atoms with E-state index in [0.717, 1.165) is 16.7 Å². The molecule has 0 heterocycles. The van der Waals surface area contributed by atoms with E-state index >= 15 is 0 Å². The Morgan fingerprint density at radius 3 is 2.65 bits per heavy atom. The van der Waals surface area contributed by atoms with Crippen LogP contribution in [0.5, 0.6) is 5.75 Å². The average molecular weight is 310 g/mol. The molecule has 0 aromatic heterocycles. The van der Waals surface area contributed by atoms with Gasteiger partial charge in [-0.1, -0.05) is 36.0 Å². The average Bonchev–Trinajstić information content (AvgIpc) is 2.41. The number of thiocarbonyl (C=S) groups is 1. The molecule has 0 fully saturated rings. The van der Waals surface area contributed by atoms with Crippen molar-refractivity contribution < 1.29 is 9.13 Å². The van der Waals surface area contributed by atoms with Gasteiger partial charge in [-0.15, -0.1) is 0 Å². The van der Waals surface area contributed by atoms with Gasteiger partial charge in [0.1, 0.15) is 23.2 Å². The molecular formula is C15H13ClFNOS. The van der Waals surface area contributed by atoms with Crippen LogP contribution in [0.4, 0.5) is 4.39 Å². The summed E-state index contributed by atoms with van der Waals surface area (Å²) in [4.78, 5) is 0.361. The van der Waals surface area contributed by atoms with Crippen molar-refractivity contribution >= 4 is 28.8 Å². The van der Waals surface area contributed by atoms with E-state index in [2.05, 4.69) is 0 Å². The first-order valence-electron chi connectivity index (χ1n) is 5.94. The van der Waals surface area contributed by atoms with Gasteiger partial charge in [0.15, 0.2) is 0 Å². The lowest BCUT2D eigenvalue weighted by atomic mass is 10.1. The Labute approximate surface area is 127 Å². The SMILES string of the molecule is Cc1cc(C(N)=S)ccc1COc1ccc(Cl)c(F)c1. The lowest BCUT2D eigenvalue weighted by Gasteiger charge is -2.10. The molecule has 0 amide bonds. The Bertz CT molecular complexity index is 660. The highest BCUT2D eigenvalue weighted by Crippen LogP contribution is 2.22. The van der Waals surface area contributed by atoms with E-state index in [1.165, 1.54) is 12.1 Å². The summed E-state index contributed by atoms with van der Waals surface area (Å²) in [5.41, 5.74) is 8.40. The van der Waals surface area contributed by atoms with Crippen LogP contribution in [-0.2, 0) is 6.61 Å². The number of nitrogens with two attached hydrogens (primary N) is 1. The van der Waals surface area contributed by atoms with Gasteiger partial charge in [0.2, 0.25) is 0 Å². The third kappa shape index (κ3) is 3.46. The summed E-state index contributed by atoms with van der Waals surface area (Å²) in [5.74, 6) is -0.0607. The van der Waals surface area contributed by atoms with Crippen molar-refractivity contribution in [2.24, 2.45) is 5.73 Å². The zero-order valence-electron chi connectivity index (χ0n) is 10.8. The van der Waals surface area contributed by atoms with E-state index < -0.39 is 5.82 Å². The van der Waals surface area contributed by atoms with Gasteiger partial charge in [-0.05, 0) is 36.2 Å². The maximum Gasteiger partial charge on any atom is 0.145 e. The van der Waals surface area contributed by atoms with Gasteiger partial charge in [0, 0.05) is 11.6 Å². The van der Waals surface area contributed by atoms with Crippen molar-refractivity contribution in [1.29, 1.82) is 0 Å². The van der Waals surface area contributed by atoms with Crippen LogP contribution in [0.1, 0.15) is 16.7 Å². The molecule has 0 radical (unpaired) electrons. The molecule has 0 aliphatic heterocycles. The number of ether oxygens (including phenoxy) is 1. The van der Waals surface area contributed by atoms with Crippen molar-refractivity contribution in [3.8, 4) is 5.75 Å². The summed E-state index contributed by atoms with van der Waals surface area (Å²) in [6, 6.07) is 10.0. The second-order valence-corrected chi connectivity index (χ2v) is 5.22. The third-order valence-electron chi connectivity index (χ3n) is 2.91. The van der Waals surface area contributed by atoms with Gasteiger partial charge in [-0.3, -0.25) is 0 Å². The fourth-order valence-electron chi connectivity index (χ4n) is 1.74. The minimum Gasteiger partial charge on any atom is -0.489 e. The van der Waals surface area contributed by atoms with Crippen LogP contribution in [0.25, 0.3) is 0 Å².